The molecule has 0 aromatic carbocycles. The van der Waals surface area contributed by atoms with Gasteiger partial charge in [-0.1, -0.05) is 20.8 Å². The van der Waals surface area contributed by atoms with Gasteiger partial charge in [0, 0.05) is 31.2 Å². The average molecular weight is 240 g/mol. The molecule has 2 aliphatic rings. The fraction of sp³-hybridized carbons (Fsp3) is 1.00. The van der Waals surface area contributed by atoms with Crippen LogP contribution in [0.15, 0.2) is 0 Å². The first-order chi connectivity index (χ1) is 8.09. The van der Waals surface area contributed by atoms with Crippen LogP contribution in [0, 0.1) is 5.41 Å². The van der Waals surface area contributed by atoms with Crippen molar-refractivity contribution in [2.75, 3.05) is 26.7 Å². The van der Waals surface area contributed by atoms with Crippen LogP contribution < -0.4 is 5.32 Å². The van der Waals surface area contributed by atoms with E-state index in [0.29, 0.717) is 23.6 Å². The standard InChI is InChI=1S/C14H28N2O/c1-5-11-10-16(8-6-7-15-11)12-9-13(17-4)14(12,2)3/h11-13,15H,5-10H2,1-4H3. The summed E-state index contributed by atoms with van der Waals surface area (Å²) in [7, 11) is 1.85. The van der Waals surface area contributed by atoms with Crippen LogP contribution in [0.3, 0.4) is 0 Å². The summed E-state index contributed by atoms with van der Waals surface area (Å²) >= 11 is 0. The Morgan fingerprint density at radius 2 is 2.18 bits per heavy atom. The Morgan fingerprint density at radius 1 is 1.41 bits per heavy atom. The van der Waals surface area contributed by atoms with Gasteiger partial charge in [0.05, 0.1) is 6.10 Å². The van der Waals surface area contributed by atoms with Crippen molar-refractivity contribution >= 4 is 0 Å². The Balaban J connectivity index is 1.97. The van der Waals surface area contributed by atoms with Crippen LogP contribution in [-0.4, -0.2) is 49.8 Å². The summed E-state index contributed by atoms with van der Waals surface area (Å²) in [5.41, 5.74) is 0.317. The lowest BCUT2D eigenvalue weighted by Gasteiger charge is -2.55. The highest BCUT2D eigenvalue weighted by molar-refractivity contribution is 5.04. The van der Waals surface area contributed by atoms with Gasteiger partial charge >= 0.3 is 0 Å². The van der Waals surface area contributed by atoms with Crippen molar-refractivity contribution < 1.29 is 4.74 Å². The van der Waals surface area contributed by atoms with Crippen molar-refractivity contribution in [2.24, 2.45) is 5.41 Å². The molecule has 0 aromatic rings. The molecule has 100 valence electrons. The summed E-state index contributed by atoms with van der Waals surface area (Å²) in [6.07, 6.45) is 4.17. The summed E-state index contributed by atoms with van der Waals surface area (Å²) < 4.78 is 5.56. The first-order valence-electron chi connectivity index (χ1n) is 7.09. The van der Waals surface area contributed by atoms with E-state index in [2.05, 4.69) is 31.0 Å². The van der Waals surface area contributed by atoms with Crippen molar-refractivity contribution in [3.63, 3.8) is 0 Å². The molecule has 1 aliphatic carbocycles. The third-order valence-corrected chi connectivity index (χ3v) is 4.85. The Morgan fingerprint density at radius 3 is 2.76 bits per heavy atom. The maximum atomic E-state index is 5.56. The summed E-state index contributed by atoms with van der Waals surface area (Å²) in [6.45, 7) is 10.6. The molecule has 1 N–H and O–H groups in total. The zero-order valence-electron chi connectivity index (χ0n) is 11.8. The summed E-state index contributed by atoms with van der Waals surface area (Å²) in [4.78, 5) is 2.70. The normalized spacial score (nSPS) is 38.5. The van der Waals surface area contributed by atoms with Gasteiger partial charge in [-0.2, -0.15) is 0 Å². The molecule has 1 aliphatic heterocycles. The van der Waals surface area contributed by atoms with Crippen LogP contribution in [-0.2, 0) is 4.74 Å². The molecular formula is C14H28N2O. The van der Waals surface area contributed by atoms with Crippen molar-refractivity contribution in [3.8, 4) is 0 Å². The van der Waals surface area contributed by atoms with Crippen molar-refractivity contribution in [1.82, 2.24) is 10.2 Å². The Hall–Kier alpha value is -0.120. The van der Waals surface area contributed by atoms with E-state index < -0.39 is 0 Å². The Bertz CT molecular complexity index is 255. The predicted molar refractivity (Wildman–Crippen MR) is 71.3 cm³/mol. The van der Waals surface area contributed by atoms with E-state index >= 15 is 0 Å². The van der Waals surface area contributed by atoms with Crippen molar-refractivity contribution in [1.29, 1.82) is 0 Å². The van der Waals surface area contributed by atoms with Gasteiger partial charge in [-0.05, 0) is 32.4 Å². The maximum Gasteiger partial charge on any atom is 0.0652 e. The second-order valence-corrected chi connectivity index (χ2v) is 6.20. The van der Waals surface area contributed by atoms with Gasteiger partial charge in [0.1, 0.15) is 0 Å². The summed E-state index contributed by atoms with van der Waals surface area (Å²) in [5.74, 6) is 0. The predicted octanol–water partition coefficient (Wildman–Crippen LogP) is 1.87. The lowest BCUT2D eigenvalue weighted by molar-refractivity contribution is -0.138. The first-order valence-corrected chi connectivity index (χ1v) is 7.09. The van der Waals surface area contributed by atoms with E-state index in [4.69, 9.17) is 4.74 Å². The van der Waals surface area contributed by atoms with Crippen LogP contribution in [0.25, 0.3) is 0 Å². The van der Waals surface area contributed by atoms with Gasteiger partial charge < -0.3 is 10.1 Å². The molecule has 1 heterocycles. The smallest absolute Gasteiger partial charge is 0.0652 e. The van der Waals surface area contributed by atoms with Gasteiger partial charge in [0.25, 0.3) is 0 Å². The van der Waals surface area contributed by atoms with E-state index in [-0.39, 0.29) is 0 Å². The van der Waals surface area contributed by atoms with Gasteiger partial charge in [-0.3, -0.25) is 4.90 Å². The number of hydrogen-bond acceptors (Lipinski definition) is 3. The largest absolute Gasteiger partial charge is 0.381 e. The van der Waals surface area contributed by atoms with Gasteiger partial charge in [-0.25, -0.2) is 0 Å². The molecule has 2 fully saturated rings. The monoisotopic (exact) mass is 240 g/mol. The van der Waals surface area contributed by atoms with Crippen LogP contribution in [0.1, 0.15) is 40.0 Å². The summed E-state index contributed by atoms with van der Waals surface area (Å²) in [6, 6.07) is 1.39. The summed E-state index contributed by atoms with van der Waals surface area (Å²) in [5, 5.41) is 3.64. The van der Waals surface area contributed by atoms with E-state index in [9.17, 15) is 0 Å². The molecule has 3 heteroatoms. The number of rotatable bonds is 3. The van der Waals surface area contributed by atoms with Crippen molar-refractivity contribution in [3.05, 3.63) is 0 Å². The topological polar surface area (TPSA) is 24.5 Å². The molecular weight excluding hydrogens is 212 g/mol. The lowest BCUT2D eigenvalue weighted by Crippen LogP contribution is -2.62. The number of methoxy groups -OCH3 is 1. The average Bonchev–Trinajstić information content (AvgIpc) is 2.53. The third-order valence-electron chi connectivity index (χ3n) is 4.85. The fourth-order valence-electron chi connectivity index (χ4n) is 3.47. The van der Waals surface area contributed by atoms with E-state index in [1.807, 2.05) is 7.11 Å². The second kappa shape index (κ2) is 5.25. The lowest BCUT2D eigenvalue weighted by atomic mass is 9.63. The van der Waals surface area contributed by atoms with Gasteiger partial charge in [0.15, 0.2) is 0 Å². The third kappa shape index (κ3) is 2.51. The minimum absolute atomic E-state index is 0.317. The molecule has 3 nitrogen and oxygen atoms in total. The zero-order valence-corrected chi connectivity index (χ0v) is 11.8. The van der Waals surface area contributed by atoms with Crippen LogP contribution in [0.4, 0.5) is 0 Å². The van der Waals surface area contributed by atoms with E-state index in [0.717, 1.165) is 0 Å². The van der Waals surface area contributed by atoms with Crippen LogP contribution >= 0.6 is 0 Å². The van der Waals surface area contributed by atoms with Crippen LogP contribution in [0.5, 0.6) is 0 Å². The van der Waals surface area contributed by atoms with Gasteiger partial charge in [-0.15, -0.1) is 0 Å². The molecule has 2 rings (SSSR count). The number of nitrogens with zero attached hydrogens (tertiary/aromatic N) is 1. The minimum Gasteiger partial charge on any atom is -0.381 e. The van der Waals surface area contributed by atoms with E-state index in [1.165, 1.54) is 38.9 Å². The highest BCUT2D eigenvalue weighted by atomic mass is 16.5. The highest BCUT2D eigenvalue weighted by Crippen LogP contribution is 2.45. The zero-order chi connectivity index (χ0) is 12.5. The molecule has 17 heavy (non-hydrogen) atoms. The molecule has 3 atom stereocenters. The molecule has 0 amide bonds. The molecule has 0 aromatic heterocycles. The molecule has 1 saturated carbocycles. The SMILES string of the molecule is CCC1CN(C2CC(OC)C2(C)C)CCCN1. The second-order valence-electron chi connectivity index (χ2n) is 6.20. The molecule has 3 unspecified atom stereocenters. The Labute approximate surface area is 106 Å². The first kappa shape index (κ1) is 13.3. The molecule has 0 spiro atoms. The van der Waals surface area contributed by atoms with Crippen molar-refractivity contribution in [2.45, 2.75) is 58.2 Å². The fourth-order valence-corrected chi connectivity index (χ4v) is 3.47. The Kier molecular flexibility index (Phi) is 4.11. The van der Waals surface area contributed by atoms with Crippen LogP contribution in [0.2, 0.25) is 0 Å². The van der Waals surface area contributed by atoms with E-state index in [1.54, 1.807) is 0 Å². The number of hydrogen-bond donors (Lipinski definition) is 1. The molecule has 0 radical (unpaired) electrons. The molecule has 0 bridgehead atoms. The highest BCUT2D eigenvalue weighted by Gasteiger charge is 2.51. The van der Waals surface area contributed by atoms with Gasteiger partial charge in [0.2, 0.25) is 0 Å². The number of nitrogens with one attached hydrogen (secondary N) is 1. The number of ether oxygens (including phenoxy) is 1. The molecule has 1 saturated heterocycles. The minimum atomic E-state index is 0.317. The maximum absolute atomic E-state index is 5.56. The quantitative estimate of drug-likeness (QED) is 0.815.